The third-order valence-corrected chi connectivity index (χ3v) is 3.02. The molecule has 0 amide bonds. The molecule has 2 nitrogen and oxygen atoms in total. The van der Waals surface area contributed by atoms with E-state index in [1.165, 1.54) is 17.8 Å². The highest BCUT2D eigenvalue weighted by atomic mass is 32.2. The molecule has 0 unspecified atom stereocenters. The van der Waals surface area contributed by atoms with Gasteiger partial charge in [-0.1, -0.05) is 0 Å². The summed E-state index contributed by atoms with van der Waals surface area (Å²) in [5.74, 6) is 0.773. The van der Waals surface area contributed by atoms with Crippen molar-refractivity contribution < 1.29 is 13.2 Å². The van der Waals surface area contributed by atoms with Gasteiger partial charge in [-0.25, -0.2) is 4.98 Å². The van der Waals surface area contributed by atoms with Gasteiger partial charge in [0, 0.05) is 24.0 Å². The van der Waals surface area contributed by atoms with Gasteiger partial charge in [-0.2, -0.15) is 13.2 Å². The van der Waals surface area contributed by atoms with Crippen LogP contribution >= 0.6 is 11.8 Å². The van der Waals surface area contributed by atoms with Gasteiger partial charge in [0.15, 0.2) is 0 Å². The lowest BCUT2D eigenvalue weighted by molar-refractivity contribution is -0.137. The molecule has 1 heterocycles. The van der Waals surface area contributed by atoms with Crippen LogP contribution in [0, 0.1) is 0 Å². The van der Waals surface area contributed by atoms with E-state index in [-0.39, 0.29) is 5.54 Å². The summed E-state index contributed by atoms with van der Waals surface area (Å²) in [5, 5.41) is 3.91. The zero-order valence-electron chi connectivity index (χ0n) is 10.6. The molecule has 0 atom stereocenters. The average Bonchev–Trinajstić information content (AvgIpc) is 2.22. The maximum atomic E-state index is 12.3. The highest BCUT2D eigenvalue weighted by Crippen LogP contribution is 2.29. The number of aromatic nitrogens is 1. The van der Waals surface area contributed by atoms with Crippen LogP contribution in [0.3, 0.4) is 0 Å². The number of pyridine rings is 1. The van der Waals surface area contributed by atoms with Crippen molar-refractivity contribution in [2.75, 3.05) is 12.3 Å². The first-order valence-electron chi connectivity index (χ1n) is 5.59. The lowest BCUT2D eigenvalue weighted by Crippen LogP contribution is -2.37. The van der Waals surface area contributed by atoms with Crippen LogP contribution in [0.4, 0.5) is 13.2 Å². The largest absolute Gasteiger partial charge is 0.417 e. The van der Waals surface area contributed by atoms with Gasteiger partial charge in [0.2, 0.25) is 0 Å². The molecule has 0 aliphatic heterocycles. The summed E-state index contributed by atoms with van der Waals surface area (Å²) in [6.45, 7) is 6.98. The highest BCUT2D eigenvalue weighted by molar-refractivity contribution is 7.99. The Kier molecular flexibility index (Phi) is 5.04. The normalized spacial score (nSPS) is 12.8. The van der Waals surface area contributed by atoms with Crippen LogP contribution in [0.2, 0.25) is 0 Å². The third-order valence-electron chi connectivity index (χ3n) is 2.07. The van der Waals surface area contributed by atoms with Gasteiger partial charge in [0.25, 0.3) is 0 Å². The van der Waals surface area contributed by atoms with E-state index in [9.17, 15) is 13.2 Å². The lowest BCUT2D eigenvalue weighted by atomic mass is 10.1. The molecule has 0 aliphatic carbocycles. The lowest BCUT2D eigenvalue weighted by Gasteiger charge is -2.20. The fraction of sp³-hybridized carbons (Fsp3) is 0.583. The number of nitrogens with one attached hydrogen (secondary N) is 1. The minimum Gasteiger partial charge on any atom is -0.311 e. The fourth-order valence-corrected chi connectivity index (χ4v) is 1.92. The Labute approximate surface area is 109 Å². The molecule has 1 N–H and O–H groups in total. The van der Waals surface area contributed by atoms with Gasteiger partial charge in [0.1, 0.15) is 0 Å². The molecule has 0 saturated heterocycles. The Hall–Kier alpha value is -0.750. The third kappa shape index (κ3) is 5.73. The van der Waals surface area contributed by atoms with Crippen LogP contribution < -0.4 is 5.32 Å². The van der Waals surface area contributed by atoms with Crippen molar-refractivity contribution in [1.29, 1.82) is 0 Å². The second kappa shape index (κ2) is 5.93. The van der Waals surface area contributed by atoms with Crippen molar-refractivity contribution in [1.82, 2.24) is 10.3 Å². The molecule has 0 saturated carbocycles. The number of thioether (sulfide) groups is 1. The van der Waals surface area contributed by atoms with Gasteiger partial charge in [-0.05, 0) is 32.9 Å². The second-order valence-corrected chi connectivity index (χ2v) is 6.02. The van der Waals surface area contributed by atoms with E-state index < -0.39 is 11.7 Å². The predicted octanol–water partition coefficient (Wildman–Crippen LogP) is 3.58. The molecule has 18 heavy (non-hydrogen) atoms. The SMILES string of the molecule is CC(C)(C)NCCSc1ccc(C(F)(F)F)cn1. The van der Waals surface area contributed by atoms with Crippen LogP contribution in [0.1, 0.15) is 26.3 Å². The van der Waals surface area contributed by atoms with Gasteiger partial charge >= 0.3 is 6.18 Å². The highest BCUT2D eigenvalue weighted by Gasteiger charge is 2.30. The van der Waals surface area contributed by atoms with Crippen molar-refractivity contribution in [2.24, 2.45) is 0 Å². The van der Waals surface area contributed by atoms with E-state index in [1.54, 1.807) is 0 Å². The molecule has 1 aromatic rings. The van der Waals surface area contributed by atoms with Crippen molar-refractivity contribution in [2.45, 2.75) is 37.5 Å². The van der Waals surface area contributed by atoms with Crippen molar-refractivity contribution >= 4 is 11.8 Å². The zero-order valence-corrected chi connectivity index (χ0v) is 11.5. The molecule has 1 aromatic heterocycles. The molecule has 102 valence electrons. The van der Waals surface area contributed by atoms with Crippen LogP contribution in [0.25, 0.3) is 0 Å². The number of alkyl halides is 3. The van der Waals surface area contributed by atoms with Crippen molar-refractivity contribution in [3.05, 3.63) is 23.9 Å². The van der Waals surface area contributed by atoms with Crippen LogP contribution in [0.5, 0.6) is 0 Å². The van der Waals surface area contributed by atoms with Gasteiger partial charge < -0.3 is 5.32 Å². The van der Waals surface area contributed by atoms with Gasteiger partial charge in [0.05, 0.1) is 10.6 Å². The summed E-state index contributed by atoms with van der Waals surface area (Å²) in [6, 6.07) is 2.47. The molecule has 0 radical (unpaired) electrons. The van der Waals surface area contributed by atoms with Crippen LogP contribution in [-0.2, 0) is 6.18 Å². The van der Waals surface area contributed by atoms with E-state index >= 15 is 0 Å². The van der Waals surface area contributed by atoms with E-state index in [0.29, 0.717) is 5.03 Å². The molecule has 0 aliphatic rings. The Balaban J connectivity index is 2.41. The molecule has 0 fully saturated rings. The first-order chi connectivity index (χ1) is 8.18. The summed E-state index contributed by atoms with van der Waals surface area (Å²) >= 11 is 1.44. The minimum absolute atomic E-state index is 0.0497. The molecule has 6 heteroatoms. The monoisotopic (exact) mass is 278 g/mol. The second-order valence-electron chi connectivity index (χ2n) is 4.91. The van der Waals surface area contributed by atoms with Crippen molar-refractivity contribution in [3.8, 4) is 0 Å². The number of hydrogen-bond donors (Lipinski definition) is 1. The summed E-state index contributed by atoms with van der Waals surface area (Å²) in [5.41, 5.74) is -0.659. The summed E-state index contributed by atoms with van der Waals surface area (Å²) in [4.78, 5) is 3.79. The maximum Gasteiger partial charge on any atom is 0.417 e. The molecule has 0 spiro atoms. The number of halogens is 3. The molecular formula is C12H17F3N2S. The van der Waals surface area contributed by atoms with Crippen LogP contribution in [-0.4, -0.2) is 22.8 Å². The summed E-state index contributed by atoms with van der Waals surface area (Å²) in [6.07, 6.45) is -3.44. The van der Waals surface area contributed by atoms with Crippen molar-refractivity contribution in [3.63, 3.8) is 0 Å². The zero-order chi connectivity index (χ0) is 13.8. The Bertz CT molecular complexity index is 368. The van der Waals surface area contributed by atoms with E-state index in [2.05, 4.69) is 31.1 Å². The van der Waals surface area contributed by atoms with Gasteiger partial charge in [-0.15, -0.1) is 11.8 Å². The quantitative estimate of drug-likeness (QED) is 0.673. The minimum atomic E-state index is -4.32. The smallest absolute Gasteiger partial charge is 0.311 e. The Morgan fingerprint density at radius 1 is 1.22 bits per heavy atom. The Morgan fingerprint density at radius 3 is 2.33 bits per heavy atom. The van der Waals surface area contributed by atoms with E-state index in [0.717, 1.165) is 24.6 Å². The first kappa shape index (κ1) is 15.3. The Morgan fingerprint density at radius 2 is 1.89 bits per heavy atom. The maximum absolute atomic E-state index is 12.3. The van der Waals surface area contributed by atoms with Gasteiger partial charge in [-0.3, -0.25) is 0 Å². The molecule has 1 rings (SSSR count). The van der Waals surface area contributed by atoms with Crippen LogP contribution in [0.15, 0.2) is 23.4 Å². The average molecular weight is 278 g/mol. The molecule has 0 bridgehead atoms. The molecular weight excluding hydrogens is 261 g/mol. The standard InChI is InChI=1S/C12H17F3N2S/c1-11(2,3)17-6-7-18-10-5-4-9(8-16-10)12(13,14)15/h4-5,8,17H,6-7H2,1-3H3. The predicted molar refractivity (Wildman–Crippen MR) is 67.7 cm³/mol. The fourth-order valence-electron chi connectivity index (χ4n) is 1.21. The first-order valence-corrected chi connectivity index (χ1v) is 6.58. The summed E-state index contributed by atoms with van der Waals surface area (Å²) < 4.78 is 36.9. The number of nitrogens with zero attached hydrogens (tertiary/aromatic N) is 1. The summed E-state index contributed by atoms with van der Waals surface area (Å²) in [7, 11) is 0. The number of hydrogen-bond acceptors (Lipinski definition) is 3. The van der Waals surface area contributed by atoms with E-state index in [1.807, 2.05) is 0 Å². The number of rotatable bonds is 4. The topological polar surface area (TPSA) is 24.9 Å². The van der Waals surface area contributed by atoms with E-state index in [4.69, 9.17) is 0 Å². The molecule has 0 aromatic carbocycles.